The van der Waals surface area contributed by atoms with Crippen LogP contribution in [0.5, 0.6) is 23.0 Å². The van der Waals surface area contributed by atoms with Crippen LogP contribution in [0.2, 0.25) is 0 Å². The number of rotatable bonds is 4. The first-order valence-electron chi connectivity index (χ1n) is 5.73. The first-order chi connectivity index (χ1) is 10.1. The van der Waals surface area contributed by atoms with Gasteiger partial charge < -0.3 is 24.4 Å². The van der Waals surface area contributed by atoms with Crippen LogP contribution in [-0.4, -0.2) is 22.5 Å². The fourth-order valence-corrected chi connectivity index (χ4v) is 1.54. The molecule has 2 aromatic rings. The highest BCUT2D eigenvalue weighted by Crippen LogP contribution is 2.36. The number of carboxylic acid groups (broad SMARTS) is 2. The molecule has 0 aliphatic carbocycles. The van der Waals surface area contributed by atoms with Crippen LogP contribution in [0.1, 0.15) is 0 Å². The minimum Gasteiger partial charge on any atom is -0.450 e. The van der Waals surface area contributed by atoms with Crippen molar-refractivity contribution in [2.75, 3.05) is 0 Å². The van der Waals surface area contributed by atoms with Crippen molar-refractivity contribution in [2.24, 2.45) is 0 Å². The van der Waals surface area contributed by atoms with E-state index in [0.717, 1.165) is 0 Å². The van der Waals surface area contributed by atoms with Crippen molar-refractivity contribution in [3.05, 3.63) is 48.5 Å². The van der Waals surface area contributed by atoms with Crippen molar-refractivity contribution in [1.82, 2.24) is 0 Å². The zero-order chi connectivity index (χ0) is 15.2. The highest BCUT2D eigenvalue weighted by atomic mass is 16.7. The number of hydrogen-bond donors (Lipinski definition) is 2. The van der Waals surface area contributed by atoms with E-state index < -0.39 is 12.3 Å². The second-order valence-corrected chi connectivity index (χ2v) is 3.73. The number of ether oxygens (including phenoxy) is 3. The Labute approximate surface area is 118 Å². The SMILES string of the molecule is O=C(O)Oc1ccccc1Oc1ccccc1OC(=O)O. The molecule has 0 amide bonds. The van der Waals surface area contributed by atoms with E-state index in [2.05, 4.69) is 9.47 Å². The molecule has 0 saturated carbocycles. The van der Waals surface area contributed by atoms with E-state index in [1.54, 1.807) is 24.3 Å². The first kappa shape index (κ1) is 14.2. The van der Waals surface area contributed by atoms with Gasteiger partial charge in [-0.05, 0) is 24.3 Å². The molecule has 2 N–H and O–H groups in total. The normalized spacial score (nSPS) is 9.71. The van der Waals surface area contributed by atoms with Crippen molar-refractivity contribution in [3.8, 4) is 23.0 Å². The van der Waals surface area contributed by atoms with Crippen LogP contribution in [-0.2, 0) is 0 Å². The molecule has 7 nitrogen and oxygen atoms in total. The van der Waals surface area contributed by atoms with E-state index in [1.165, 1.54) is 24.3 Å². The van der Waals surface area contributed by atoms with Crippen molar-refractivity contribution in [2.45, 2.75) is 0 Å². The molecule has 7 heteroatoms. The van der Waals surface area contributed by atoms with Crippen LogP contribution in [0, 0.1) is 0 Å². The minimum atomic E-state index is -1.49. The molecule has 0 aliphatic rings. The van der Waals surface area contributed by atoms with Crippen LogP contribution >= 0.6 is 0 Å². The van der Waals surface area contributed by atoms with E-state index in [9.17, 15) is 9.59 Å². The maximum absolute atomic E-state index is 10.6. The molecule has 0 spiro atoms. The lowest BCUT2D eigenvalue weighted by Gasteiger charge is -2.12. The average molecular weight is 290 g/mol. The molecule has 0 radical (unpaired) electrons. The van der Waals surface area contributed by atoms with Crippen LogP contribution in [0.25, 0.3) is 0 Å². The molecule has 0 fully saturated rings. The fourth-order valence-electron chi connectivity index (χ4n) is 1.54. The summed E-state index contributed by atoms with van der Waals surface area (Å²) in [4.78, 5) is 21.2. The lowest BCUT2D eigenvalue weighted by atomic mass is 10.3. The monoisotopic (exact) mass is 290 g/mol. The molecule has 108 valence electrons. The van der Waals surface area contributed by atoms with Crippen molar-refractivity contribution < 1.29 is 34.0 Å². The zero-order valence-electron chi connectivity index (χ0n) is 10.6. The quantitative estimate of drug-likeness (QED) is 0.655. The zero-order valence-corrected chi connectivity index (χ0v) is 10.6. The molecule has 2 aromatic carbocycles. The van der Waals surface area contributed by atoms with E-state index >= 15 is 0 Å². The average Bonchev–Trinajstić information content (AvgIpc) is 2.42. The third kappa shape index (κ3) is 3.87. The third-order valence-electron chi connectivity index (χ3n) is 2.31. The second kappa shape index (κ2) is 6.29. The molecule has 0 atom stereocenters. The number of hydrogen-bond acceptors (Lipinski definition) is 5. The summed E-state index contributed by atoms with van der Waals surface area (Å²) in [6.45, 7) is 0. The van der Waals surface area contributed by atoms with E-state index in [-0.39, 0.29) is 23.0 Å². The number of benzene rings is 2. The summed E-state index contributed by atoms with van der Waals surface area (Å²) in [5.74, 6) is 0.188. The Hall–Kier alpha value is -3.22. The largest absolute Gasteiger partial charge is 0.511 e. The molecule has 0 aromatic heterocycles. The highest BCUT2D eigenvalue weighted by Gasteiger charge is 2.13. The van der Waals surface area contributed by atoms with Gasteiger partial charge in [0.1, 0.15) is 0 Å². The van der Waals surface area contributed by atoms with Gasteiger partial charge in [-0.25, -0.2) is 9.59 Å². The van der Waals surface area contributed by atoms with Gasteiger partial charge in [0.25, 0.3) is 0 Å². The molecule has 0 saturated heterocycles. The molecular formula is C14H10O7. The van der Waals surface area contributed by atoms with Crippen molar-refractivity contribution >= 4 is 12.3 Å². The van der Waals surface area contributed by atoms with Gasteiger partial charge in [-0.3, -0.25) is 0 Å². The molecule has 0 heterocycles. The molecule has 0 bridgehead atoms. The fraction of sp³-hybridized carbons (Fsp3) is 0. The van der Waals surface area contributed by atoms with Crippen LogP contribution < -0.4 is 14.2 Å². The summed E-state index contributed by atoms with van der Waals surface area (Å²) in [5, 5.41) is 17.3. The molecule has 0 aliphatic heterocycles. The van der Waals surface area contributed by atoms with Gasteiger partial charge in [-0.1, -0.05) is 24.3 Å². The summed E-state index contributed by atoms with van der Waals surface area (Å²) >= 11 is 0. The lowest BCUT2D eigenvalue weighted by molar-refractivity contribution is 0.143. The maximum Gasteiger partial charge on any atom is 0.511 e. The number of para-hydroxylation sites is 4. The minimum absolute atomic E-state index is 0.0184. The predicted molar refractivity (Wildman–Crippen MR) is 70.3 cm³/mol. The standard InChI is InChI=1S/C14H10O7/c15-13(16)20-11-7-3-1-5-9(11)19-10-6-2-4-8-12(10)21-14(17)18/h1-8H,(H,15,16)(H,17,18). The van der Waals surface area contributed by atoms with E-state index in [1.807, 2.05) is 0 Å². The molecule has 2 rings (SSSR count). The summed E-state index contributed by atoms with van der Waals surface area (Å²) in [6.07, 6.45) is -2.97. The Kier molecular flexibility index (Phi) is 4.25. The second-order valence-electron chi connectivity index (χ2n) is 3.73. The third-order valence-corrected chi connectivity index (χ3v) is 2.31. The van der Waals surface area contributed by atoms with E-state index in [0.29, 0.717) is 0 Å². The van der Waals surface area contributed by atoms with E-state index in [4.69, 9.17) is 14.9 Å². The van der Waals surface area contributed by atoms with Gasteiger partial charge in [0.15, 0.2) is 23.0 Å². The van der Waals surface area contributed by atoms with Gasteiger partial charge >= 0.3 is 12.3 Å². The topological polar surface area (TPSA) is 102 Å². The van der Waals surface area contributed by atoms with Gasteiger partial charge in [0, 0.05) is 0 Å². The maximum atomic E-state index is 10.6. The van der Waals surface area contributed by atoms with Gasteiger partial charge in [-0.15, -0.1) is 0 Å². The van der Waals surface area contributed by atoms with Crippen LogP contribution in [0.3, 0.4) is 0 Å². The van der Waals surface area contributed by atoms with Gasteiger partial charge in [0.05, 0.1) is 0 Å². The Morgan fingerprint density at radius 2 is 1.00 bits per heavy atom. The summed E-state index contributed by atoms with van der Waals surface area (Å²) in [6, 6.07) is 12.2. The Morgan fingerprint density at radius 3 is 1.33 bits per heavy atom. The Balaban J connectivity index is 2.30. The molecule has 0 unspecified atom stereocenters. The predicted octanol–water partition coefficient (Wildman–Crippen LogP) is 3.59. The van der Waals surface area contributed by atoms with Gasteiger partial charge in [0.2, 0.25) is 0 Å². The smallest absolute Gasteiger partial charge is 0.450 e. The first-order valence-corrected chi connectivity index (χ1v) is 5.73. The highest BCUT2D eigenvalue weighted by molar-refractivity contribution is 5.64. The van der Waals surface area contributed by atoms with Gasteiger partial charge in [-0.2, -0.15) is 0 Å². The van der Waals surface area contributed by atoms with Crippen LogP contribution in [0.4, 0.5) is 9.59 Å². The molecular weight excluding hydrogens is 280 g/mol. The Morgan fingerprint density at radius 1 is 0.667 bits per heavy atom. The Bertz CT molecular complexity index is 608. The lowest BCUT2D eigenvalue weighted by Crippen LogP contribution is -2.05. The summed E-state index contributed by atoms with van der Waals surface area (Å²) in [5.41, 5.74) is 0. The van der Waals surface area contributed by atoms with Crippen molar-refractivity contribution in [3.63, 3.8) is 0 Å². The summed E-state index contributed by atoms with van der Waals surface area (Å²) in [7, 11) is 0. The van der Waals surface area contributed by atoms with Crippen molar-refractivity contribution in [1.29, 1.82) is 0 Å². The number of carbonyl (C=O) groups is 2. The summed E-state index contributed by atoms with van der Waals surface area (Å²) < 4.78 is 14.6. The van der Waals surface area contributed by atoms with Crippen LogP contribution in [0.15, 0.2) is 48.5 Å². The molecule has 21 heavy (non-hydrogen) atoms.